The Labute approximate surface area is 43.7 Å². The van der Waals surface area contributed by atoms with E-state index in [9.17, 15) is 16.4 Å². The van der Waals surface area contributed by atoms with Crippen LogP contribution in [-0.4, -0.2) is 9.41 Å². The summed E-state index contributed by atoms with van der Waals surface area (Å²) in [5.41, 5.74) is 0. The van der Waals surface area contributed by atoms with Crippen molar-refractivity contribution in [2.75, 3.05) is 0 Å². The van der Waals surface area contributed by atoms with Gasteiger partial charge in [-0.2, -0.15) is 0 Å². The van der Waals surface area contributed by atoms with Crippen molar-refractivity contribution < 1.29 is 33.5 Å². The average Bonchev–Trinajstić information content (AvgIpc) is 0.722. The predicted octanol–water partition coefficient (Wildman–Crippen LogP) is 1.30. The molecule has 0 amide bonds. The molecule has 0 saturated carbocycles. The molecule has 0 fully saturated rings. The third-order valence-corrected chi connectivity index (χ3v) is 0. The van der Waals surface area contributed by atoms with E-state index in [0.29, 0.717) is 0 Å². The number of rotatable bonds is 0. The van der Waals surface area contributed by atoms with Crippen LogP contribution in [0.3, 0.4) is 0 Å². The van der Waals surface area contributed by atoms with Crippen molar-refractivity contribution in [3.8, 4) is 0 Å². The van der Waals surface area contributed by atoms with E-state index in [1.165, 1.54) is 0 Å². The second-order valence-electron chi connectivity index (χ2n) is 0.429. The minimum Gasteiger partial charge on any atom is -0.211 e. The minimum absolute atomic E-state index is 0. The molecule has 0 aromatic heterocycles. The van der Waals surface area contributed by atoms with Crippen molar-refractivity contribution in [2.24, 2.45) is 0 Å². The Morgan fingerprint density at radius 3 is 0.833 bits per heavy atom. The van der Waals surface area contributed by atoms with Crippen molar-refractivity contribution in [2.45, 2.75) is 0 Å². The van der Waals surface area contributed by atoms with Gasteiger partial charge in [-0.3, -0.25) is 0 Å². The number of hydrogen-bond acceptors (Lipinski definition) is 0. The molecule has 0 nitrogen and oxygen atoms in total. The van der Waals surface area contributed by atoms with Gasteiger partial charge in [0.1, 0.15) is 0 Å². The summed E-state index contributed by atoms with van der Waals surface area (Å²) in [5.74, 6) is 0. The Balaban J connectivity index is 0. The van der Waals surface area contributed by atoms with Crippen LogP contribution in [0, 0.1) is 0 Å². The molecule has 6 heteroatoms. The van der Waals surface area contributed by atoms with Gasteiger partial charge in [-0.15, -0.1) is 0 Å². The number of hydrogen-bond donors (Lipinski definition) is 0. The van der Waals surface area contributed by atoms with Crippen LogP contribution in [0.15, 0.2) is 0 Å². The van der Waals surface area contributed by atoms with E-state index in [4.69, 9.17) is 0 Å². The summed E-state index contributed by atoms with van der Waals surface area (Å²) in [4.78, 5) is 0. The first-order chi connectivity index (χ1) is 2.00. The SMILES string of the molecule is F[Si](F)(F)F.[Cu]. The second kappa shape index (κ2) is 2.60. The van der Waals surface area contributed by atoms with Crippen LogP contribution in [0.5, 0.6) is 0 Å². The molecule has 0 unspecified atom stereocenters. The zero-order valence-corrected chi connectivity index (χ0v) is 4.26. The van der Waals surface area contributed by atoms with Gasteiger partial charge in [0.2, 0.25) is 0 Å². The summed E-state index contributed by atoms with van der Waals surface area (Å²) in [6.07, 6.45) is 0. The molecular weight excluding hydrogens is 168 g/mol. The van der Waals surface area contributed by atoms with Gasteiger partial charge in [-0.25, -0.2) is 16.4 Å². The molecule has 43 valence electrons. The second-order valence-corrected chi connectivity index (χ2v) is 1.29. The van der Waals surface area contributed by atoms with Crippen molar-refractivity contribution in [3.63, 3.8) is 0 Å². The maximum atomic E-state index is 9.83. The predicted molar refractivity (Wildman–Crippen MR) is 10.2 cm³/mol. The van der Waals surface area contributed by atoms with Crippen LogP contribution in [0.1, 0.15) is 0 Å². The Kier molecular flexibility index (Phi) is 4.19. The normalized spacial score (nSPS) is 10.0. The zero-order valence-electron chi connectivity index (χ0n) is 2.31. The largest absolute Gasteiger partial charge is 0.844 e. The molecule has 0 rings (SSSR count). The molecule has 0 aromatic rings. The minimum atomic E-state index is -6.61. The van der Waals surface area contributed by atoms with E-state index in [1.54, 1.807) is 0 Å². The van der Waals surface area contributed by atoms with Gasteiger partial charge in [0, 0.05) is 17.1 Å². The summed E-state index contributed by atoms with van der Waals surface area (Å²) in [5, 5.41) is 0. The Hall–Kier alpha value is 0.456. The van der Waals surface area contributed by atoms with Gasteiger partial charge in [0.15, 0.2) is 0 Å². The molecule has 0 saturated heterocycles. The number of halogens is 4. The summed E-state index contributed by atoms with van der Waals surface area (Å²) in [6, 6.07) is 0. The zero-order chi connectivity index (χ0) is 4.50. The fourth-order valence-electron chi connectivity index (χ4n) is 0. The fraction of sp³-hybridized carbons (Fsp3) is 0. The monoisotopic (exact) mass is 167 g/mol. The van der Waals surface area contributed by atoms with Gasteiger partial charge >= 0.3 is 9.41 Å². The van der Waals surface area contributed by atoms with Crippen LogP contribution in [-0.2, 0) is 17.1 Å². The Morgan fingerprint density at radius 2 is 0.833 bits per heavy atom. The molecule has 6 heavy (non-hydrogen) atoms. The third-order valence-electron chi connectivity index (χ3n) is 0. The molecule has 0 bridgehead atoms. The molecule has 0 aliphatic carbocycles. The van der Waals surface area contributed by atoms with E-state index >= 15 is 0 Å². The molecular formula is CuF4Si. The molecule has 0 atom stereocenters. The van der Waals surface area contributed by atoms with Crippen molar-refractivity contribution >= 4 is 9.41 Å². The van der Waals surface area contributed by atoms with E-state index in [1.807, 2.05) is 0 Å². The first kappa shape index (κ1) is 9.68. The maximum Gasteiger partial charge on any atom is 0.844 e. The van der Waals surface area contributed by atoms with E-state index in [0.717, 1.165) is 0 Å². The van der Waals surface area contributed by atoms with E-state index in [2.05, 4.69) is 0 Å². The molecule has 0 heterocycles. The summed E-state index contributed by atoms with van der Waals surface area (Å²) < 4.78 is 39.3. The first-order valence-corrected chi connectivity index (χ1v) is 2.27. The third kappa shape index (κ3) is 256. The summed E-state index contributed by atoms with van der Waals surface area (Å²) in [7, 11) is -6.61. The molecule has 0 N–H and O–H groups in total. The van der Waals surface area contributed by atoms with Crippen molar-refractivity contribution in [1.82, 2.24) is 0 Å². The van der Waals surface area contributed by atoms with Crippen LogP contribution < -0.4 is 0 Å². The molecule has 0 aliphatic heterocycles. The van der Waals surface area contributed by atoms with Crippen LogP contribution in [0.2, 0.25) is 0 Å². The molecule has 0 spiro atoms. The van der Waals surface area contributed by atoms with Gasteiger partial charge < -0.3 is 0 Å². The average molecular weight is 168 g/mol. The molecule has 0 aliphatic rings. The molecule has 1 radical (unpaired) electrons. The van der Waals surface area contributed by atoms with Gasteiger partial charge in [0.05, 0.1) is 0 Å². The molecule has 0 aromatic carbocycles. The van der Waals surface area contributed by atoms with Crippen LogP contribution >= 0.6 is 0 Å². The Morgan fingerprint density at radius 1 is 0.833 bits per heavy atom. The van der Waals surface area contributed by atoms with Crippen molar-refractivity contribution in [3.05, 3.63) is 0 Å². The smallest absolute Gasteiger partial charge is 0.211 e. The van der Waals surface area contributed by atoms with Gasteiger partial charge in [0.25, 0.3) is 0 Å². The quantitative estimate of drug-likeness (QED) is 0.290. The van der Waals surface area contributed by atoms with Crippen molar-refractivity contribution in [1.29, 1.82) is 0 Å². The van der Waals surface area contributed by atoms with E-state index < -0.39 is 9.41 Å². The maximum absolute atomic E-state index is 9.83. The topological polar surface area (TPSA) is 0 Å². The first-order valence-electron chi connectivity index (χ1n) is 0.756. The standard InChI is InChI=1S/Cu.F4Si/c;1-5(2,3)4. The summed E-state index contributed by atoms with van der Waals surface area (Å²) >= 11 is 0. The van der Waals surface area contributed by atoms with Gasteiger partial charge in [-0.1, -0.05) is 0 Å². The van der Waals surface area contributed by atoms with Crippen LogP contribution in [0.4, 0.5) is 16.4 Å². The van der Waals surface area contributed by atoms with Crippen LogP contribution in [0.25, 0.3) is 0 Å². The van der Waals surface area contributed by atoms with Gasteiger partial charge in [-0.05, 0) is 0 Å². The fourth-order valence-corrected chi connectivity index (χ4v) is 0. The summed E-state index contributed by atoms with van der Waals surface area (Å²) in [6.45, 7) is 0. The Bertz CT molecular complexity index is 23.0. The van der Waals surface area contributed by atoms with E-state index in [-0.39, 0.29) is 17.1 Å².